The number of aromatic nitrogens is 2. The molecule has 18 heavy (non-hydrogen) atoms. The smallest absolute Gasteiger partial charge is 0.276 e. The highest BCUT2D eigenvalue weighted by Gasteiger charge is 2.50. The van der Waals surface area contributed by atoms with Gasteiger partial charge in [0.2, 0.25) is 0 Å². The van der Waals surface area contributed by atoms with Crippen LogP contribution in [-0.4, -0.2) is 34.8 Å². The van der Waals surface area contributed by atoms with Gasteiger partial charge in [-0.05, 0) is 12.8 Å². The van der Waals surface area contributed by atoms with Crippen molar-refractivity contribution in [2.75, 3.05) is 17.7 Å². The van der Waals surface area contributed by atoms with Gasteiger partial charge in [0, 0.05) is 18.6 Å². The highest BCUT2D eigenvalue weighted by molar-refractivity contribution is 5.60. The van der Waals surface area contributed by atoms with Crippen molar-refractivity contribution in [3.8, 4) is 0 Å². The average Bonchev–Trinajstić information content (AvgIpc) is 2.40. The monoisotopic (exact) mass is 251 g/mol. The van der Waals surface area contributed by atoms with Gasteiger partial charge in [-0.15, -0.1) is 0 Å². The molecule has 0 radical (unpaired) electrons. The summed E-state index contributed by atoms with van der Waals surface area (Å²) in [6.07, 6.45) is 3.59. The molecule has 1 aromatic heterocycles. The minimum absolute atomic E-state index is 0.0214. The topological polar surface area (TPSA) is 119 Å². The lowest BCUT2D eigenvalue weighted by Crippen LogP contribution is -2.69. The maximum Gasteiger partial charge on any atom is 0.276 e. The first-order valence-corrected chi connectivity index (χ1v) is 6.15. The zero-order valence-electron chi connectivity index (χ0n) is 9.93. The number of fused-ring (bicyclic) bond motifs is 1. The number of ether oxygens (including phenoxy) is 1. The minimum Gasteiger partial charge on any atom is -0.391 e. The van der Waals surface area contributed by atoms with Crippen LogP contribution in [0.25, 0.3) is 0 Å². The molecule has 0 aromatic carbocycles. The summed E-state index contributed by atoms with van der Waals surface area (Å²) in [6.45, 7) is 0.768. The van der Waals surface area contributed by atoms with Crippen molar-refractivity contribution in [2.45, 2.75) is 31.0 Å². The molecule has 2 fully saturated rings. The van der Waals surface area contributed by atoms with Crippen LogP contribution in [0.5, 0.6) is 0 Å². The Hall–Kier alpha value is -1.60. The standard InChI is InChI=1S/C11H17N5O2/c12-6-5-2-1-3-18-9(5)8(6)16-10-7(13)11(17)15-4-14-10/h4-6,8-9H,1-3,12-13H2,(H2,14,15,16,17). The third-order valence-electron chi connectivity index (χ3n) is 3.87. The van der Waals surface area contributed by atoms with Crippen LogP contribution in [0.2, 0.25) is 0 Å². The van der Waals surface area contributed by atoms with Gasteiger partial charge in [-0.1, -0.05) is 0 Å². The normalized spacial score (nSPS) is 34.5. The van der Waals surface area contributed by atoms with Crippen LogP contribution in [0.15, 0.2) is 11.1 Å². The second kappa shape index (κ2) is 4.25. The second-order valence-corrected chi connectivity index (χ2v) is 4.88. The number of nitrogen functional groups attached to an aromatic ring is 1. The number of nitrogens with zero attached hydrogens (tertiary/aromatic N) is 1. The summed E-state index contributed by atoms with van der Waals surface area (Å²) < 4.78 is 5.71. The predicted molar refractivity (Wildman–Crippen MR) is 67.1 cm³/mol. The van der Waals surface area contributed by atoms with E-state index in [0.29, 0.717) is 11.7 Å². The molecule has 1 saturated carbocycles. The van der Waals surface area contributed by atoms with Crippen molar-refractivity contribution >= 4 is 11.5 Å². The number of nitrogens with two attached hydrogens (primary N) is 2. The Morgan fingerprint density at radius 3 is 3.22 bits per heavy atom. The van der Waals surface area contributed by atoms with Crippen molar-refractivity contribution in [2.24, 2.45) is 11.7 Å². The Kier molecular flexibility index (Phi) is 2.71. The Labute approximate surface area is 104 Å². The third-order valence-corrected chi connectivity index (χ3v) is 3.87. The highest BCUT2D eigenvalue weighted by Crippen LogP contribution is 2.38. The number of rotatable bonds is 2. The molecule has 1 aromatic rings. The Balaban J connectivity index is 1.77. The van der Waals surface area contributed by atoms with Crippen molar-refractivity contribution in [1.29, 1.82) is 0 Å². The molecule has 0 spiro atoms. The first-order valence-electron chi connectivity index (χ1n) is 6.15. The van der Waals surface area contributed by atoms with Crippen LogP contribution >= 0.6 is 0 Å². The van der Waals surface area contributed by atoms with Crippen LogP contribution in [0, 0.1) is 5.92 Å². The molecule has 98 valence electrons. The molecule has 2 heterocycles. The molecular weight excluding hydrogens is 234 g/mol. The molecule has 4 unspecified atom stereocenters. The zero-order valence-corrected chi connectivity index (χ0v) is 9.93. The van der Waals surface area contributed by atoms with E-state index < -0.39 is 0 Å². The lowest BCUT2D eigenvalue weighted by atomic mass is 9.68. The summed E-state index contributed by atoms with van der Waals surface area (Å²) in [5.74, 6) is 0.784. The summed E-state index contributed by atoms with van der Waals surface area (Å²) in [5.41, 5.74) is 11.5. The number of anilines is 2. The summed E-state index contributed by atoms with van der Waals surface area (Å²) >= 11 is 0. The first kappa shape index (κ1) is 11.5. The number of H-pyrrole nitrogens is 1. The number of nitrogens with one attached hydrogen (secondary N) is 2. The van der Waals surface area contributed by atoms with E-state index in [9.17, 15) is 4.79 Å². The Morgan fingerprint density at radius 2 is 2.39 bits per heavy atom. The van der Waals surface area contributed by atoms with E-state index in [1.807, 2.05) is 0 Å². The van der Waals surface area contributed by atoms with Crippen LogP contribution in [-0.2, 0) is 4.74 Å². The molecule has 0 bridgehead atoms. The van der Waals surface area contributed by atoms with Crippen molar-refractivity contribution in [3.05, 3.63) is 16.7 Å². The van der Waals surface area contributed by atoms with Crippen LogP contribution in [0.3, 0.4) is 0 Å². The SMILES string of the molecule is Nc1c(NC2C(N)C3CCCOC32)nc[nH]c1=O. The van der Waals surface area contributed by atoms with E-state index in [0.717, 1.165) is 19.4 Å². The third kappa shape index (κ3) is 1.67. The highest BCUT2D eigenvalue weighted by atomic mass is 16.5. The largest absolute Gasteiger partial charge is 0.391 e. The summed E-state index contributed by atoms with van der Waals surface area (Å²) in [4.78, 5) is 17.8. The molecule has 0 amide bonds. The zero-order chi connectivity index (χ0) is 12.7. The molecule has 1 saturated heterocycles. The molecule has 1 aliphatic heterocycles. The van der Waals surface area contributed by atoms with E-state index in [-0.39, 0.29) is 29.4 Å². The van der Waals surface area contributed by atoms with E-state index >= 15 is 0 Å². The number of hydrogen-bond donors (Lipinski definition) is 4. The number of aromatic amines is 1. The summed E-state index contributed by atoms with van der Waals surface area (Å²) in [7, 11) is 0. The summed E-state index contributed by atoms with van der Waals surface area (Å²) in [6, 6.07) is 0.00249. The van der Waals surface area contributed by atoms with E-state index in [1.165, 1.54) is 6.33 Å². The van der Waals surface area contributed by atoms with Crippen LogP contribution in [0.1, 0.15) is 12.8 Å². The van der Waals surface area contributed by atoms with Gasteiger partial charge in [-0.25, -0.2) is 4.98 Å². The molecule has 6 N–H and O–H groups in total. The summed E-state index contributed by atoms with van der Waals surface area (Å²) in [5, 5.41) is 3.13. The maximum atomic E-state index is 11.4. The molecule has 3 rings (SSSR count). The minimum atomic E-state index is -0.346. The maximum absolute atomic E-state index is 11.4. The van der Waals surface area contributed by atoms with Gasteiger partial charge in [0.25, 0.3) is 5.56 Å². The van der Waals surface area contributed by atoms with E-state index in [4.69, 9.17) is 16.2 Å². The lowest BCUT2D eigenvalue weighted by Gasteiger charge is -2.52. The van der Waals surface area contributed by atoms with Crippen LogP contribution < -0.4 is 22.3 Å². The quantitative estimate of drug-likeness (QED) is 0.550. The van der Waals surface area contributed by atoms with E-state index in [2.05, 4.69) is 15.3 Å². The average molecular weight is 251 g/mol. The van der Waals surface area contributed by atoms with Crippen molar-refractivity contribution < 1.29 is 4.74 Å². The fourth-order valence-corrected chi connectivity index (χ4v) is 2.81. The van der Waals surface area contributed by atoms with Crippen molar-refractivity contribution in [3.63, 3.8) is 0 Å². The van der Waals surface area contributed by atoms with E-state index in [1.54, 1.807) is 0 Å². The van der Waals surface area contributed by atoms with Gasteiger partial charge in [0.15, 0.2) is 5.82 Å². The van der Waals surface area contributed by atoms with Gasteiger partial charge < -0.3 is 26.5 Å². The van der Waals surface area contributed by atoms with Gasteiger partial charge in [-0.3, -0.25) is 4.79 Å². The van der Waals surface area contributed by atoms with Gasteiger partial charge in [0.1, 0.15) is 5.69 Å². The predicted octanol–water partition coefficient (Wildman–Crippen LogP) is -0.731. The Bertz CT molecular complexity index is 502. The molecule has 7 nitrogen and oxygen atoms in total. The fourth-order valence-electron chi connectivity index (χ4n) is 2.81. The molecule has 7 heteroatoms. The first-order chi connectivity index (χ1) is 8.68. The van der Waals surface area contributed by atoms with Gasteiger partial charge in [0.05, 0.1) is 18.5 Å². The molecule has 4 atom stereocenters. The Morgan fingerprint density at radius 1 is 1.56 bits per heavy atom. The molecule has 1 aliphatic carbocycles. The second-order valence-electron chi connectivity index (χ2n) is 4.88. The lowest BCUT2D eigenvalue weighted by molar-refractivity contribution is -0.104. The van der Waals surface area contributed by atoms with Gasteiger partial charge >= 0.3 is 0 Å². The molecular formula is C11H17N5O2. The van der Waals surface area contributed by atoms with Crippen LogP contribution in [0.4, 0.5) is 11.5 Å². The van der Waals surface area contributed by atoms with Crippen molar-refractivity contribution in [1.82, 2.24) is 9.97 Å². The molecule has 2 aliphatic rings. The van der Waals surface area contributed by atoms with Gasteiger partial charge in [-0.2, -0.15) is 0 Å². The number of hydrogen-bond acceptors (Lipinski definition) is 6. The fraction of sp³-hybridized carbons (Fsp3) is 0.636.